The second-order valence-electron chi connectivity index (χ2n) is 7.69. The number of Topliss-reactive ketones (excluding diaryl/α,β-unsaturated/α-hetero) is 1. The van der Waals surface area contributed by atoms with Gasteiger partial charge in [-0.05, 0) is 50.5 Å². The number of halogens is 1. The summed E-state index contributed by atoms with van der Waals surface area (Å²) in [5.41, 5.74) is -0.0590. The summed E-state index contributed by atoms with van der Waals surface area (Å²) in [7, 11) is 0. The molecular weight excluding hydrogens is 358 g/mol. The molecule has 23 heavy (non-hydrogen) atoms. The van der Waals surface area contributed by atoms with Crippen LogP contribution in [-0.2, 0) is 14.3 Å². The van der Waals surface area contributed by atoms with Gasteiger partial charge in [0.15, 0.2) is 0 Å². The maximum Gasteiger partial charge on any atom is 0.302 e. The minimum absolute atomic E-state index is 0.0590. The van der Waals surface area contributed by atoms with Crippen molar-refractivity contribution in [2.45, 2.75) is 64.0 Å². The van der Waals surface area contributed by atoms with Crippen LogP contribution in [0, 0.1) is 23.7 Å². The van der Waals surface area contributed by atoms with E-state index in [4.69, 9.17) is 4.74 Å². The zero-order chi connectivity index (χ0) is 16.6. The highest BCUT2D eigenvalue weighted by molar-refractivity contribution is 9.09. The fourth-order valence-corrected chi connectivity index (χ4v) is 6.01. The van der Waals surface area contributed by atoms with Gasteiger partial charge in [0.25, 0.3) is 0 Å². The van der Waals surface area contributed by atoms with Gasteiger partial charge in [0.1, 0.15) is 11.9 Å². The lowest BCUT2D eigenvalue weighted by atomic mass is 9.49. The van der Waals surface area contributed by atoms with Crippen LogP contribution in [-0.4, -0.2) is 35.3 Å². The first kappa shape index (κ1) is 17.4. The molecule has 3 rings (SSSR count). The van der Waals surface area contributed by atoms with E-state index >= 15 is 0 Å². The molecule has 4 nitrogen and oxygen atoms in total. The van der Waals surface area contributed by atoms with Gasteiger partial charge in [-0.3, -0.25) is 9.59 Å². The molecule has 0 aromatic carbocycles. The van der Waals surface area contributed by atoms with Crippen molar-refractivity contribution in [1.82, 2.24) is 5.32 Å². The fraction of sp³-hybridized carbons (Fsp3) is 0.889. The van der Waals surface area contributed by atoms with Gasteiger partial charge < -0.3 is 10.1 Å². The Labute approximate surface area is 147 Å². The summed E-state index contributed by atoms with van der Waals surface area (Å²) in [4.78, 5) is 24.4. The monoisotopic (exact) mass is 385 g/mol. The van der Waals surface area contributed by atoms with Crippen LogP contribution >= 0.6 is 15.9 Å². The van der Waals surface area contributed by atoms with Crippen molar-refractivity contribution in [3.63, 3.8) is 0 Å². The van der Waals surface area contributed by atoms with Crippen molar-refractivity contribution in [3.8, 4) is 0 Å². The normalized spacial score (nSPS) is 42.9. The third-order valence-corrected chi connectivity index (χ3v) is 6.90. The van der Waals surface area contributed by atoms with Crippen molar-refractivity contribution in [2.24, 2.45) is 23.7 Å². The summed E-state index contributed by atoms with van der Waals surface area (Å²) < 4.78 is 5.67. The van der Waals surface area contributed by atoms with E-state index in [0.717, 1.165) is 44.0 Å². The highest BCUT2D eigenvalue weighted by Gasteiger charge is 2.61. The van der Waals surface area contributed by atoms with Crippen LogP contribution in [0.3, 0.4) is 0 Å². The first-order valence-electron chi connectivity index (χ1n) is 9.00. The van der Waals surface area contributed by atoms with Crippen LogP contribution in [0.1, 0.15) is 52.4 Å². The lowest BCUT2D eigenvalue weighted by Crippen LogP contribution is -2.71. The Balaban J connectivity index is 1.93. The van der Waals surface area contributed by atoms with Crippen molar-refractivity contribution in [3.05, 3.63) is 0 Å². The van der Waals surface area contributed by atoms with Gasteiger partial charge in [-0.25, -0.2) is 0 Å². The number of nitrogens with one attached hydrogen (secondary N) is 1. The lowest BCUT2D eigenvalue weighted by Gasteiger charge is -2.61. The second-order valence-corrected chi connectivity index (χ2v) is 8.48. The van der Waals surface area contributed by atoms with Gasteiger partial charge in [-0.1, -0.05) is 22.9 Å². The highest BCUT2D eigenvalue weighted by Crippen LogP contribution is 2.55. The Bertz CT molecular complexity index is 483. The van der Waals surface area contributed by atoms with E-state index in [9.17, 15) is 9.59 Å². The summed E-state index contributed by atoms with van der Waals surface area (Å²) >= 11 is 3.51. The largest absolute Gasteiger partial charge is 0.462 e. The molecule has 0 spiro atoms. The van der Waals surface area contributed by atoms with E-state index in [0.29, 0.717) is 24.0 Å². The van der Waals surface area contributed by atoms with Gasteiger partial charge in [-0.15, -0.1) is 0 Å². The van der Waals surface area contributed by atoms with E-state index in [1.54, 1.807) is 0 Å². The second kappa shape index (κ2) is 6.83. The van der Waals surface area contributed by atoms with E-state index in [1.165, 1.54) is 6.92 Å². The average molecular weight is 386 g/mol. The number of alkyl halides is 1. The quantitative estimate of drug-likeness (QED) is 0.596. The number of esters is 1. The van der Waals surface area contributed by atoms with Crippen molar-refractivity contribution in [1.29, 1.82) is 0 Å². The number of hydrogen-bond donors (Lipinski definition) is 1. The molecule has 5 heteroatoms. The molecule has 2 aliphatic carbocycles. The smallest absolute Gasteiger partial charge is 0.302 e. The van der Waals surface area contributed by atoms with Crippen LogP contribution in [0.2, 0.25) is 0 Å². The molecule has 2 bridgehead atoms. The van der Waals surface area contributed by atoms with Gasteiger partial charge in [0.2, 0.25) is 0 Å². The van der Waals surface area contributed by atoms with Crippen LogP contribution in [0.4, 0.5) is 0 Å². The van der Waals surface area contributed by atoms with Gasteiger partial charge >= 0.3 is 5.97 Å². The molecule has 0 amide bonds. The zero-order valence-electron chi connectivity index (χ0n) is 14.1. The molecule has 1 saturated heterocycles. The first-order valence-corrected chi connectivity index (χ1v) is 10.1. The molecule has 3 fully saturated rings. The Kier molecular flexibility index (Phi) is 5.17. The fourth-order valence-electron chi connectivity index (χ4n) is 5.69. The van der Waals surface area contributed by atoms with Gasteiger partial charge in [0.05, 0.1) is 0 Å². The number of ether oxygens (including phenoxy) is 1. The Morgan fingerprint density at radius 2 is 2.26 bits per heavy atom. The van der Waals surface area contributed by atoms with Crippen molar-refractivity contribution < 1.29 is 14.3 Å². The van der Waals surface area contributed by atoms with Crippen molar-refractivity contribution >= 4 is 27.7 Å². The summed E-state index contributed by atoms with van der Waals surface area (Å²) in [6, 6.07) is 0. The number of ketones is 1. The van der Waals surface area contributed by atoms with E-state index < -0.39 is 0 Å². The minimum atomic E-state index is -0.216. The summed E-state index contributed by atoms with van der Waals surface area (Å²) in [5.74, 6) is 1.27. The summed E-state index contributed by atoms with van der Waals surface area (Å²) in [5, 5.41) is 4.73. The number of rotatable bonds is 4. The van der Waals surface area contributed by atoms with Crippen LogP contribution in [0.25, 0.3) is 0 Å². The molecular formula is C18H28BrNO3. The molecule has 3 aliphatic rings. The predicted octanol–water partition coefficient (Wildman–Crippen LogP) is 3.08. The molecule has 1 heterocycles. The molecule has 0 aromatic heterocycles. The Hall–Kier alpha value is -0.420. The minimum Gasteiger partial charge on any atom is -0.462 e. The summed E-state index contributed by atoms with van der Waals surface area (Å²) in [6.07, 6.45) is 5.76. The third kappa shape index (κ3) is 2.99. The van der Waals surface area contributed by atoms with Gasteiger partial charge in [0, 0.05) is 36.0 Å². The standard InChI is InChI=1S/C18H28BrNO3/c1-11-10-18-14(6-4-8-20-18)13(17(11)23-12(2)21)9-16(22)15(18)5-3-7-19/h11,13-15,17,20H,3-10H2,1-2H3. The Morgan fingerprint density at radius 3 is 2.96 bits per heavy atom. The van der Waals surface area contributed by atoms with E-state index in [2.05, 4.69) is 28.2 Å². The molecule has 130 valence electrons. The lowest BCUT2D eigenvalue weighted by molar-refractivity contribution is -0.177. The van der Waals surface area contributed by atoms with E-state index in [1.807, 2.05) is 0 Å². The predicted molar refractivity (Wildman–Crippen MR) is 92.4 cm³/mol. The summed E-state index contributed by atoms with van der Waals surface area (Å²) in [6.45, 7) is 4.68. The number of piperidine rings is 1. The topological polar surface area (TPSA) is 55.4 Å². The molecule has 0 aromatic rings. The molecule has 0 radical (unpaired) electrons. The average Bonchev–Trinajstić information content (AvgIpc) is 2.50. The van der Waals surface area contributed by atoms with Crippen molar-refractivity contribution in [2.75, 3.05) is 11.9 Å². The maximum absolute atomic E-state index is 12.9. The SMILES string of the molecule is CC(=O)OC1C(C)CC23NCCCC2C1CC(=O)C3CCCBr. The molecule has 2 saturated carbocycles. The molecule has 6 unspecified atom stereocenters. The highest BCUT2D eigenvalue weighted by atomic mass is 79.9. The number of carbonyl (C=O) groups is 2. The number of hydrogen-bond acceptors (Lipinski definition) is 4. The van der Waals surface area contributed by atoms with Crippen LogP contribution in [0.5, 0.6) is 0 Å². The maximum atomic E-state index is 12.9. The Morgan fingerprint density at radius 1 is 1.48 bits per heavy atom. The van der Waals surface area contributed by atoms with Gasteiger partial charge in [-0.2, -0.15) is 0 Å². The van der Waals surface area contributed by atoms with Crippen LogP contribution < -0.4 is 5.32 Å². The molecule has 1 N–H and O–H groups in total. The third-order valence-electron chi connectivity index (χ3n) is 6.34. The van der Waals surface area contributed by atoms with E-state index in [-0.39, 0.29) is 29.4 Å². The molecule has 6 atom stereocenters. The number of carbonyl (C=O) groups excluding carboxylic acids is 2. The zero-order valence-corrected chi connectivity index (χ0v) is 15.7. The first-order chi connectivity index (χ1) is 11.0. The van der Waals surface area contributed by atoms with Crippen LogP contribution in [0.15, 0.2) is 0 Å². The molecule has 1 aliphatic heterocycles.